The third kappa shape index (κ3) is 3.36. The van der Waals surface area contributed by atoms with E-state index in [1.807, 2.05) is 0 Å². The smallest absolute Gasteiger partial charge is 0.376 e. The lowest BCUT2D eigenvalue weighted by atomic mass is 10.2. The zero-order valence-corrected chi connectivity index (χ0v) is 11.9. The standard InChI is InChI=1S/C11H15N5O6/c1-7-10(15(18)19)11(16(20)21)13-14(7)6-9(17)12-5-8-3-2-4-22-8/h8H,2-6H2,1H3,(H,12,17). The Morgan fingerprint density at radius 1 is 1.45 bits per heavy atom. The maximum atomic E-state index is 11.8. The van der Waals surface area contributed by atoms with Gasteiger partial charge in [0, 0.05) is 13.2 Å². The van der Waals surface area contributed by atoms with E-state index in [2.05, 4.69) is 10.4 Å². The molecule has 0 aromatic carbocycles. The molecule has 0 aliphatic carbocycles. The molecule has 0 saturated carbocycles. The first-order valence-electron chi connectivity index (χ1n) is 6.64. The molecule has 1 aliphatic rings. The van der Waals surface area contributed by atoms with Crippen molar-refractivity contribution in [3.8, 4) is 0 Å². The topological polar surface area (TPSA) is 142 Å². The van der Waals surface area contributed by atoms with Crippen molar-refractivity contribution in [2.75, 3.05) is 13.2 Å². The van der Waals surface area contributed by atoms with Gasteiger partial charge in [-0.25, -0.2) is 0 Å². The molecule has 1 fully saturated rings. The fraction of sp³-hybridized carbons (Fsp3) is 0.636. The van der Waals surface area contributed by atoms with Crippen LogP contribution in [-0.2, 0) is 16.1 Å². The van der Waals surface area contributed by atoms with Gasteiger partial charge in [-0.1, -0.05) is 0 Å². The highest BCUT2D eigenvalue weighted by Crippen LogP contribution is 2.28. The molecule has 0 bridgehead atoms. The maximum Gasteiger partial charge on any atom is 0.468 e. The molecule has 11 nitrogen and oxygen atoms in total. The lowest BCUT2D eigenvalue weighted by Crippen LogP contribution is -2.34. The number of nitro groups is 2. The first kappa shape index (κ1) is 15.8. The van der Waals surface area contributed by atoms with Crippen LogP contribution in [0.15, 0.2) is 0 Å². The number of hydrogen-bond donors (Lipinski definition) is 1. The van der Waals surface area contributed by atoms with E-state index in [4.69, 9.17) is 4.74 Å². The van der Waals surface area contributed by atoms with Crippen LogP contribution in [0.5, 0.6) is 0 Å². The summed E-state index contributed by atoms with van der Waals surface area (Å²) in [4.78, 5) is 31.7. The molecule has 1 aromatic heterocycles. The van der Waals surface area contributed by atoms with Crippen LogP contribution in [0, 0.1) is 27.2 Å². The summed E-state index contributed by atoms with van der Waals surface area (Å²) in [5, 5.41) is 27.8. The van der Waals surface area contributed by atoms with Gasteiger partial charge in [-0.15, -0.1) is 0 Å². The molecule has 2 heterocycles. The van der Waals surface area contributed by atoms with Crippen LogP contribution in [0.3, 0.4) is 0 Å². The largest absolute Gasteiger partial charge is 0.468 e. The summed E-state index contributed by atoms with van der Waals surface area (Å²) in [6.45, 7) is 1.99. The fourth-order valence-corrected chi connectivity index (χ4v) is 2.24. The summed E-state index contributed by atoms with van der Waals surface area (Å²) < 4.78 is 6.31. The average Bonchev–Trinajstić information content (AvgIpc) is 3.05. The number of amides is 1. The van der Waals surface area contributed by atoms with Crippen molar-refractivity contribution in [2.24, 2.45) is 0 Å². The Balaban J connectivity index is 2.05. The van der Waals surface area contributed by atoms with E-state index < -0.39 is 27.3 Å². The zero-order valence-electron chi connectivity index (χ0n) is 11.9. The molecule has 2 rings (SSSR count). The predicted octanol–water partition coefficient (Wildman–Crippen LogP) is 0.303. The average molecular weight is 313 g/mol. The second-order valence-corrected chi connectivity index (χ2v) is 4.87. The van der Waals surface area contributed by atoms with Crippen LogP contribution in [0.25, 0.3) is 0 Å². The van der Waals surface area contributed by atoms with Gasteiger partial charge in [0.1, 0.15) is 12.2 Å². The van der Waals surface area contributed by atoms with Crippen molar-refractivity contribution < 1.29 is 19.4 Å². The number of ether oxygens (including phenoxy) is 1. The van der Waals surface area contributed by atoms with E-state index in [0.717, 1.165) is 17.5 Å². The molecular formula is C11H15N5O6. The highest BCUT2D eigenvalue weighted by molar-refractivity contribution is 5.76. The molecule has 1 saturated heterocycles. The number of aromatic nitrogens is 2. The lowest BCUT2D eigenvalue weighted by Gasteiger charge is -2.10. The summed E-state index contributed by atoms with van der Waals surface area (Å²) in [5.41, 5.74) is -0.735. The first-order chi connectivity index (χ1) is 10.4. The molecule has 1 N–H and O–H groups in total. The molecule has 11 heteroatoms. The molecule has 0 spiro atoms. The van der Waals surface area contributed by atoms with E-state index in [9.17, 15) is 25.0 Å². The SMILES string of the molecule is Cc1c([N+](=O)[O-])c([N+](=O)[O-])nn1CC(=O)NCC1CCCO1. The predicted molar refractivity (Wildman–Crippen MR) is 72.3 cm³/mol. The van der Waals surface area contributed by atoms with Gasteiger partial charge in [0.2, 0.25) is 5.91 Å². The minimum Gasteiger partial charge on any atom is -0.376 e. The Hall–Kier alpha value is -2.56. The van der Waals surface area contributed by atoms with Crippen LogP contribution in [0.4, 0.5) is 11.5 Å². The molecule has 1 atom stereocenters. The van der Waals surface area contributed by atoms with Gasteiger partial charge in [-0.3, -0.25) is 14.9 Å². The van der Waals surface area contributed by atoms with Crippen molar-refractivity contribution >= 4 is 17.4 Å². The van der Waals surface area contributed by atoms with Gasteiger partial charge in [-0.05, 0) is 24.7 Å². The molecule has 120 valence electrons. The van der Waals surface area contributed by atoms with Gasteiger partial charge >= 0.3 is 11.5 Å². The molecule has 1 unspecified atom stereocenters. The highest BCUT2D eigenvalue weighted by atomic mass is 16.6. The van der Waals surface area contributed by atoms with Crippen molar-refractivity contribution in [1.82, 2.24) is 15.1 Å². The van der Waals surface area contributed by atoms with E-state index in [1.165, 1.54) is 6.92 Å². The van der Waals surface area contributed by atoms with Gasteiger partial charge in [-0.2, -0.15) is 4.68 Å². The molecule has 1 aliphatic heterocycles. The minimum absolute atomic E-state index is 0.0358. The Labute approximate surface area is 124 Å². The van der Waals surface area contributed by atoms with Crippen LogP contribution in [0.1, 0.15) is 18.5 Å². The summed E-state index contributed by atoms with van der Waals surface area (Å²) in [5.74, 6) is -1.31. The van der Waals surface area contributed by atoms with Crippen molar-refractivity contribution in [2.45, 2.75) is 32.4 Å². The molecular weight excluding hydrogens is 298 g/mol. The summed E-state index contributed by atoms with van der Waals surface area (Å²) in [6, 6.07) is 0. The van der Waals surface area contributed by atoms with Crippen LogP contribution in [0.2, 0.25) is 0 Å². The van der Waals surface area contributed by atoms with Crippen LogP contribution in [-0.4, -0.2) is 44.8 Å². The number of nitrogens with zero attached hydrogens (tertiary/aromatic N) is 4. The maximum absolute atomic E-state index is 11.8. The Morgan fingerprint density at radius 2 is 2.18 bits per heavy atom. The summed E-state index contributed by atoms with van der Waals surface area (Å²) >= 11 is 0. The number of hydrogen-bond acceptors (Lipinski definition) is 7. The van der Waals surface area contributed by atoms with E-state index in [0.29, 0.717) is 13.2 Å². The van der Waals surface area contributed by atoms with E-state index >= 15 is 0 Å². The third-order valence-electron chi connectivity index (χ3n) is 3.36. The van der Waals surface area contributed by atoms with Crippen molar-refractivity contribution in [3.63, 3.8) is 0 Å². The number of nitrogens with one attached hydrogen (secondary N) is 1. The zero-order chi connectivity index (χ0) is 16.3. The van der Waals surface area contributed by atoms with Crippen molar-refractivity contribution in [1.29, 1.82) is 0 Å². The quantitative estimate of drug-likeness (QED) is 0.587. The second-order valence-electron chi connectivity index (χ2n) is 4.87. The Bertz CT molecular complexity index is 606. The van der Waals surface area contributed by atoms with Gasteiger partial charge < -0.3 is 20.2 Å². The van der Waals surface area contributed by atoms with Gasteiger partial charge in [0.05, 0.1) is 16.1 Å². The number of carbonyl (C=O) groups is 1. The second kappa shape index (κ2) is 6.47. The van der Waals surface area contributed by atoms with Crippen molar-refractivity contribution in [3.05, 3.63) is 25.9 Å². The molecule has 1 amide bonds. The van der Waals surface area contributed by atoms with E-state index in [1.54, 1.807) is 0 Å². The number of carbonyl (C=O) groups excluding carboxylic acids is 1. The molecule has 22 heavy (non-hydrogen) atoms. The van der Waals surface area contributed by atoms with Crippen LogP contribution >= 0.6 is 0 Å². The molecule has 1 aromatic rings. The minimum atomic E-state index is -0.939. The Kier molecular flexibility index (Phi) is 4.65. The summed E-state index contributed by atoms with van der Waals surface area (Å²) in [7, 11) is 0. The number of rotatable bonds is 6. The lowest BCUT2D eigenvalue weighted by molar-refractivity contribution is -0.424. The summed E-state index contributed by atoms with van der Waals surface area (Å²) in [6.07, 6.45) is 1.77. The monoisotopic (exact) mass is 313 g/mol. The van der Waals surface area contributed by atoms with Gasteiger partial charge in [0.15, 0.2) is 0 Å². The Morgan fingerprint density at radius 3 is 2.68 bits per heavy atom. The highest BCUT2D eigenvalue weighted by Gasteiger charge is 2.35. The third-order valence-corrected chi connectivity index (χ3v) is 3.36. The normalized spacial score (nSPS) is 17.4. The fourth-order valence-electron chi connectivity index (χ4n) is 2.24. The first-order valence-corrected chi connectivity index (χ1v) is 6.64. The van der Waals surface area contributed by atoms with E-state index in [-0.39, 0.29) is 18.3 Å². The van der Waals surface area contributed by atoms with Crippen LogP contribution < -0.4 is 5.32 Å². The van der Waals surface area contributed by atoms with Gasteiger partial charge in [0.25, 0.3) is 0 Å². The molecule has 0 radical (unpaired) electrons.